The maximum absolute atomic E-state index is 13.9. The number of ether oxygens (including phenoxy) is 1. The van der Waals surface area contributed by atoms with Crippen LogP contribution in [-0.4, -0.2) is 79.0 Å². The molecular weight excluding hydrogens is 641 g/mol. The predicted molar refractivity (Wildman–Crippen MR) is 173 cm³/mol. The summed E-state index contributed by atoms with van der Waals surface area (Å²) in [7, 11) is -4.16. The van der Waals surface area contributed by atoms with Gasteiger partial charge in [-0.25, -0.2) is 13.4 Å². The van der Waals surface area contributed by atoms with Crippen LogP contribution in [0.15, 0.2) is 52.5 Å². The highest BCUT2D eigenvalue weighted by atomic mass is 35.5. The first-order valence-corrected chi connectivity index (χ1v) is 16.8. The molecule has 1 atom stereocenters. The number of fused-ring (bicyclic) bond motifs is 1. The Morgan fingerprint density at radius 1 is 1.11 bits per heavy atom. The molecule has 3 heterocycles. The molecule has 5 rings (SSSR count). The van der Waals surface area contributed by atoms with E-state index in [9.17, 15) is 18.0 Å². The van der Waals surface area contributed by atoms with E-state index < -0.39 is 16.1 Å². The molecule has 2 fully saturated rings. The molecule has 2 saturated heterocycles. The number of rotatable bonds is 10. The van der Waals surface area contributed by atoms with Gasteiger partial charge in [-0.1, -0.05) is 41.4 Å². The van der Waals surface area contributed by atoms with Crippen molar-refractivity contribution in [1.29, 1.82) is 0 Å². The largest absolute Gasteiger partial charge is 0.487 e. The molecule has 2 aliphatic heterocycles. The van der Waals surface area contributed by atoms with Gasteiger partial charge in [0, 0.05) is 47.3 Å². The summed E-state index contributed by atoms with van der Waals surface area (Å²) in [5.41, 5.74) is 1.82. The minimum absolute atomic E-state index is 0.0535. The molecule has 240 valence electrons. The summed E-state index contributed by atoms with van der Waals surface area (Å²) < 4.78 is 35.2. The molecular formula is C30H35Cl2N7O5S. The third kappa shape index (κ3) is 7.27. The second kappa shape index (κ2) is 14.2. The Hall–Kier alpha value is -3.65. The van der Waals surface area contributed by atoms with Crippen LogP contribution < -0.4 is 21.2 Å². The Morgan fingerprint density at radius 2 is 1.89 bits per heavy atom. The number of nitrogens with two attached hydrogens (primary N) is 1. The summed E-state index contributed by atoms with van der Waals surface area (Å²) in [6.45, 7) is 3.00. The Morgan fingerprint density at radius 3 is 2.64 bits per heavy atom. The minimum atomic E-state index is -4.16. The Balaban J connectivity index is 1.27. The number of likely N-dealkylation sites (tertiary alicyclic amines) is 1. The molecule has 0 spiro atoms. The molecule has 0 saturated carbocycles. The van der Waals surface area contributed by atoms with Crippen LogP contribution in [0.4, 0.5) is 0 Å². The summed E-state index contributed by atoms with van der Waals surface area (Å²) in [5.74, 6) is 5.08. The fraction of sp³-hybridized carbons (Fsp3) is 0.400. The number of benzene rings is 2. The second-order valence-electron chi connectivity index (χ2n) is 11.0. The Kier molecular flexibility index (Phi) is 10.3. The van der Waals surface area contributed by atoms with Crippen molar-refractivity contribution >= 4 is 62.3 Å². The number of hydrogen-bond acceptors (Lipinski definition) is 8. The number of carbonyl (C=O) groups excluding carboxylic acids is 2. The van der Waals surface area contributed by atoms with Crippen molar-refractivity contribution in [3.63, 3.8) is 0 Å². The van der Waals surface area contributed by atoms with Crippen LogP contribution in [0, 0.1) is 6.92 Å². The average molecular weight is 677 g/mol. The number of aromatic nitrogens is 1. The van der Waals surface area contributed by atoms with Crippen molar-refractivity contribution in [1.82, 2.24) is 24.8 Å². The van der Waals surface area contributed by atoms with Crippen molar-refractivity contribution in [3.05, 3.63) is 63.8 Å². The van der Waals surface area contributed by atoms with Crippen molar-refractivity contribution in [2.24, 2.45) is 10.9 Å². The molecule has 2 amide bonds. The molecule has 2 aliphatic rings. The summed E-state index contributed by atoms with van der Waals surface area (Å²) in [4.78, 5) is 31.8. The van der Waals surface area contributed by atoms with Gasteiger partial charge < -0.3 is 26.1 Å². The molecule has 0 aliphatic carbocycles. The van der Waals surface area contributed by atoms with E-state index in [1.807, 2.05) is 31.2 Å². The number of piperidine rings is 1. The molecule has 2 aromatic carbocycles. The average Bonchev–Trinajstić information content (AvgIpc) is 3.53. The number of halogens is 2. The summed E-state index contributed by atoms with van der Waals surface area (Å²) >= 11 is 13.2. The zero-order chi connectivity index (χ0) is 32.1. The summed E-state index contributed by atoms with van der Waals surface area (Å²) in [6.07, 6.45) is 3.27. The van der Waals surface area contributed by atoms with Crippen LogP contribution in [0.25, 0.3) is 10.9 Å². The van der Waals surface area contributed by atoms with Crippen LogP contribution >= 0.6 is 23.2 Å². The van der Waals surface area contributed by atoms with E-state index in [4.69, 9.17) is 33.8 Å². The van der Waals surface area contributed by atoms with Crippen molar-refractivity contribution in [2.75, 3.05) is 26.2 Å². The van der Waals surface area contributed by atoms with Crippen LogP contribution in [0.5, 0.6) is 5.75 Å². The SMILES string of the molecule is Cc1ccc2cccc(OCc3c(Cl)ccc(S(=O)(=O)N4CCC[C@H]4C(=O)NC4CCN(C(=O)CNC=NN)CC4)c3Cl)c2n1. The van der Waals surface area contributed by atoms with E-state index in [1.54, 1.807) is 11.0 Å². The third-order valence-electron chi connectivity index (χ3n) is 8.05. The molecule has 3 aromatic rings. The topological polar surface area (TPSA) is 159 Å². The van der Waals surface area contributed by atoms with Gasteiger partial charge in [0.05, 0.1) is 11.6 Å². The number of hydrazone groups is 1. The number of nitrogens with one attached hydrogen (secondary N) is 2. The van der Waals surface area contributed by atoms with Gasteiger partial charge in [-0.2, -0.15) is 9.41 Å². The van der Waals surface area contributed by atoms with Gasteiger partial charge in [0.15, 0.2) is 0 Å². The quantitative estimate of drug-likeness (QED) is 0.128. The highest BCUT2D eigenvalue weighted by Gasteiger charge is 2.41. The van der Waals surface area contributed by atoms with E-state index in [-0.39, 0.29) is 52.5 Å². The summed E-state index contributed by atoms with van der Waals surface area (Å²) in [5, 5.41) is 10.1. The number of para-hydroxylation sites is 1. The number of aryl methyl sites for hydroxylation is 1. The second-order valence-corrected chi connectivity index (χ2v) is 13.6. The standard InChI is InChI=1S/C30H35Cl2N7O5S/c1-19-7-8-20-4-2-6-25(29(20)36-19)44-17-22-23(31)9-10-26(28(22)32)45(42,43)39-13-3-5-24(39)30(41)37-21-11-14-38(15-12-21)27(40)16-34-18-35-33/h2,4,6-10,18,21,24H,3,5,11-17,33H2,1H3,(H,34,35)(H,37,41)/t24-/m0/s1. The van der Waals surface area contributed by atoms with Crippen molar-refractivity contribution in [2.45, 2.75) is 56.2 Å². The van der Waals surface area contributed by atoms with E-state index in [0.717, 1.165) is 11.1 Å². The van der Waals surface area contributed by atoms with Gasteiger partial charge in [-0.15, -0.1) is 0 Å². The number of hydrogen-bond donors (Lipinski definition) is 3. The zero-order valence-corrected chi connectivity index (χ0v) is 27.0. The number of amides is 2. The highest BCUT2D eigenvalue weighted by Crippen LogP contribution is 2.36. The lowest BCUT2D eigenvalue weighted by Crippen LogP contribution is -2.52. The van der Waals surface area contributed by atoms with Crippen molar-refractivity contribution < 1.29 is 22.7 Å². The van der Waals surface area contributed by atoms with Gasteiger partial charge in [0.25, 0.3) is 0 Å². The van der Waals surface area contributed by atoms with E-state index in [0.29, 0.717) is 55.6 Å². The summed E-state index contributed by atoms with van der Waals surface area (Å²) in [6, 6.07) is 11.2. The molecule has 0 bridgehead atoms. The number of nitrogens with zero attached hydrogens (tertiary/aromatic N) is 4. The van der Waals surface area contributed by atoms with E-state index >= 15 is 0 Å². The highest BCUT2D eigenvalue weighted by molar-refractivity contribution is 7.89. The van der Waals surface area contributed by atoms with Gasteiger partial charge in [-0.05, 0) is 56.9 Å². The molecule has 0 unspecified atom stereocenters. The smallest absolute Gasteiger partial charge is 0.245 e. The lowest BCUT2D eigenvalue weighted by atomic mass is 10.0. The van der Waals surface area contributed by atoms with Crippen LogP contribution in [-0.2, 0) is 26.2 Å². The molecule has 15 heteroatoms. The first-order chi connectivity index (χ1) is 21.6. The predicted octanol–water partition coefficient (Wildman–Crippen LogP) is 3.18. The van der Waals surface area contributed by atoms with Gasteiger partial charge in [-0.3, -0.25) is 9.59 Å². The lowest BCUT2D eigenvalue weighted by molar-refractivity contribution is -0.131. The normalized spacial score (nSPS) is 18.0. The molecule has 4 N–H and O–H groups in total. The fourth-order valence-corrected chi connectivity index (χ4v) is 8.20. The van der Waals surface area contributed by atoms with Gasteiger partial charge in [0.1, 0.15) is 35.1 Å². The van der Waals surface area contributed by atoms with E-state index in [2.05, 4.69) is 20.7 Å². The third-order valence-corrected chi connectivity index (χ3v) is 10.9. The fourth-order valence-electron chi connectivity index (χ4n) is 5.68. The Labute approximate surface area is 271 Å². The first kappa shape index (κ1) is 32.7. The van der Waals surface area contributed by atoms with Crippen LogP contribution in [0.2, 0.25) is 10.0 Å². The number of carbonyl (C=O) groups is 2. The maximum atomic E-state index is 13.9. The minimum Gasteiger partial charge on any atom is -0.487 e. The van der Waals surface area contributed by atoms with Crippen LogP contribution in [0.3, 0.4) is 0 Å². The van der Waals surface area contributed by atoms with Gasteiger partial charge in [0.2, 0.25) is 21.8 Å². The molecule has 45 heavy (non-hydrogen) atoms. The monoisotopic (exact) mass is 675 g/mol. The molecule has 1 aromatic heterocycles. The first-order valence-electron chi connectivity index (χ1n) is 14.6. The molecule has 12 nitrogen and oxygen atoms in total. The maximum Gasteiger partial charge on any atom is 0.245 e. The van der Waals surface area contributed by atoms with Crippen LogP contribution in [0.1, 0.15) is 36.9 Å². The number of pyridine rings is 1. The lowest BCUT2D eigenvalue weighted by Gasteiger charge is -2.33. The van der Waals surface area contributed by atoms with E-state index in [1.165, 1.54) is 22.8 Å². The Bertz CT molecular complexity index is 1710. The zero-order valence-electron chi connectivity index (χ0n) is 24.7. The van der Waals surface area contributed by atoms with Crippen molar-refractivity contribution in [3.8, 4) is 5.75 Å². The number of sulfonamides is 1. The van der Waals surface area contributed by atoms with Gasteiger partial charge >= 0.3 is 0 Å². The molecule has 0 radical (unpaired) electrons.